The summed E-state index contributed by atoms with van der Waals surface area (Å²) in [6.45, 7) is 7.09. The molecule has 3 heteroatoms. The summed E-state index contributed by atoms with van der Waals surface area (Å²) in [4.78, 5) is 5.10. The molecule has 0 aromatic heterocycles. The fourth-order valence-corrected chi connectivity index (χ4v) is 6.07. The first kappa shape index (κ1) is 35.3. The fourth-order valence-electron chi connectivity index (χ4n) is 6.07. The summed E-state index contributed by atoms with van der Waals surface area (Å²) in [5.74, 6) is 0. The van der Waals surface area contributed by atoms with E-state index in [4.69, 9.17) is 0 Å². The summed E-state index contributed by atoms with van der Waals surface area (Å²) < 4.78 is 0. The van der Waals surface area contributed by atoms with E-state index < -0.39 is 0 Å². The number of hydrogen-bond acceptors (Lipinski definition) is 3. The summed E-state index contributed by atoms with van der Waals surface area (Å²) in [6.07, 6.45) is 42.8. The molecular weight excluding hydrogens is 464 g/mol. The second-order valence-electron chi connectivity index (χ2n) is 12.3. The molecule has 3 nitrogen and oxygen atoms in total. The van der Waals surface area contributed by atoms with Gasteiger partial charge in [0.2, 0.25) is 0 Å². The van der Waals surface area contributed by atoms with Gasteiger partial charge in [0.15, 0.2) is 0 Å². The van der Waals surface area contributed by atoms with Crippen molar-refractivity contribution in [2.75, 3.05) is 19.7 Å². The third kappa shape index (κ3) is 20.2. The Morgan fingerprint density at radius 1 is 0.421 bits per heavy atom. The molecule has 0 spiro atoms. The molecular formula is C35H70N2O. The number of hydrogen-bond donors (Lipinski definition) is 1. The van der Waals surface area contributed by atoms with Crippen LogP contribution in [0, 0.1) is 0 Å². The molecule has 1 N–H and O–H groups in total. The number of rotatable bonds is 30. The first-order valence-corrected chi connectivity index (χ1v) is 17.6. The monoisotopic (exact) mass is 535 g/mol. The highest BCUT2D eigenvalue weighted by molar-refractivity contribution is 4.96. The van der Waals surface area contributed by atoms with E-state index in [1.165, 1.54) is 173 Å². The van der Waals surface area contributed by atoms with Gasteiger partial charge in [-0.3, -0.25) is 0 Å². The van der Waals surface area contributed by atoms with Gasteiger partial charge < -0.3 is 14.9 Å². The van der Waals surface area contributed by atoms with Crippen LogP contribution in [0.1, 0.15) is 187 Å². The first-order chi connectivity index (χ1) is 18.8. The van der Waals surface area contributed by atoms with E-state index in [-0.39, 0.29) is 0 Å². The average Bonchev–Trinajstić information content (AvgIpc) is 3.31. The molecule has 1 rings (SSSR count). The minimum Gasteiger partial charge on any atom is -0.396 e. The van der Waals surface area contributed by atoms with Crippen LogP contribution in [0.2, 0.25) is 0 Å². The van der Waals surface area contributed by atoms with Gasteiger partial charge in [-0.1, -0.05) is 162 Å². The van der Waals surface area contributed by atoms with Crippen molar-refractivity contribution in [2.45, 2.75) is 193 Å². The van der Waals surface area contributed by atoms with Gasteiger partial charge in [-0.2, -0.15) is 0 Å². The predicted molar refractivity (Wildman–Crippen MR) is 169 cm³/mol. The zero-order chi connectivity index (χ0) is 27.4. The molecule has 1 aliphatic rings. The lowest BCUT2D eigenvalue weighted by atomic mass is 10.0. The SMILES string of the molecule is CCCCCCCCCCCCCCCCCCN1C=CN(CCCO)C1CCCCCCCCCCC. The molecule has 1 heterocycles. The molecule has 0 aromatic rings. The van der Waals surface area contributed by atoms with Crippen LogP contribution in [0.5, 0.6) is 0 Å². The number of unbranched alkanes of at least 4 members (excludes halogenated alkanes) is 23. The average molecular weight is 535 g/mol. The van der Waals surface area contributed by atoms with Crippen molar-refractivity contribution in [2.24, 2.45) is 0 Å². The van der Waals surface area contributed by atoms with Crippen LogP contribution < -0.4 is 0 Å². The van der Waals surface area contributed by atoms with Crippen LogP contribution in [0.4, 0.5) is 0 Å². The smallest absolute Gasteiger partial charge is 0.101 e. The topological polar surface area (TPSA) is 26.7 Å². The maximum Gasteiger partial charge on any atom is 0.101 e. The van der Waals surface area contributed by atoms with Crippen molar-refractivity contribution in [3.8, 4) is 0 Å². The normalized spacial score (nSPS) is 15.3. The summed E-state index contributed by atoms with van der Waals surface area (Å²) in [5.41, 5.74) is 0. The molecule has 0 aliphatic carbocycles. The Balaban J connectivity index is 2.03. The molecule has 0 amide bonds. The first-order valence-electron chi connectivity index (χ1n) is 17.6. The molecule has 0 aromatic carbocycles. The summed E-state index contributed by atoms with van der Waals surface area (Å²) in [6, 6.07) is 0. The highest BCUT2D eigenvalue weighted by Crippen LogP contribution is 2.23. The zero-order valence-electron chi connectivity index (χ0n) is 26.3. The van der Waals surface area contributed by atoms with Gasteiger partial charge in [0, 0.05) is 32.1 Å². The Bertz CT molecular complexity index is 494. The molecule has 0 bridgehead atoms. The highest BCUT2D eigenvalue weighted by atomic mass is 16.3. The molecule has 0 saturated carbocycles. The van der Waals surface area contributed by atoms with Gasteiger partial charge in [0.05, 0.1) is 0 Å². The van der Waals surface area contributed by atoms with Crippen LogP contribution in [0.3, 0.4) is 0 Å². The van der Waals surface area contributed by atoms with E-state index >= 15 is 0 Å². The molecule has 1 unspecified atom stereocenters. The lowest BCUT2D eigenvalue weighted by molar-refractivity contribution is 0.129. The van der Waals surface area contributed by atoms with Gasteiger partial charge in [-0.25, -0.2) is 0 Å². The van der Waals surface area contributed by atoms with Gasteiger partial charge >= 0.3 is 0 Å². The number of aliphatic hydroxyl groups excluding tert-OH is 1. The van der Waals surface area contributed by atoms with E-state index in [1.54, 1.807) is 0 Å². The molecule has 226 valence electrons. The third-order valence-corrected chi connectivity index (χ3v) is 8.63. The lowest BCUT2D eigenvalue weighted by Crippen LogP contribution is -2.39. The quantitative estimate of drug-likeness (QED) is 0.0928. The minimum absolute atomic E-state index is 0.300. The van der Waals surface area contributed by atoms with Crippen LogP contribution in [0.25, 0.3) is 0 Å². The van der Waals surface area contributed by atoms with Crippen molar-refractivity contribution >= 4 is 0 Å². The Morgan fingerprint density at radius 3 is 1.11 bits per heavy atom. The van der Waals surface area contributed by atoms with Gasteiger partial charge in [0.25, 0.3) is 0 Å². The van der Waals surface area contributed by atoms with E-state index in [2.05, 4.69) is 36.0 Å². The van der Waals surface area contributed by atoms with Crippen LogP contribution in [-0.2, 0) is 0 Å². The molecule has 38 heavy (non-hydrogen) atoms. The number of aliphatic hydroxyl groups is 1. The lowest BCUT2D eigenvalue weighted by Gasteiger charge is -2.33. The van der Waals surface area contributed by atoms with E-state index in [0.29, 0.717) is 12.8 Å². The summed E-state index contributed by atoms with van der Waals surface area (Å²) in [7, 11) is 0. The molecule has 1 aliphatic heterocycles. The van der Waals surface area contributed by atoms with Crippen molar-refractivity contribution < 1.29 is 5.11 Å². The van der Waals surface area contributed by atoms with Gasteiger partial charge in [-0.05, 0) is 25.7 Å². The minimum atomic E-state index is 0.300. The fraction of sp³-hybridized carbons (Fsp3) is 0.943. The molecule has 0 fully saturated rings. The van der Waals surface area contributed by atoms with Crippen LogP contribution >= 0.6 is 0 Å². The summed E-state index contributed by atoms with van der Waals surface area (Å²) in [5, 5.41) is 9.32. The van der Waals surface area contributed by atoms with Crippen molar-refractivity contribution in [1.29, 1.82) is 0 Å². The Hall–Kier alpha value is -0.700. The highest BCUT2D eigenvalue weighted by Gasteiger charge is 2.24. The molecule has 0 saturated heterocycles. The Labute approximate surface area is 240 Å². The Morgan fingerprint density at radius 2 is 0.737 bits per heavy atom. The zero-order valence-corrected chi connectivity index (χ0v) is 26.3. The van der Waals surface area contributed by atoms with Crippen LogP contribution in [0.15, 0.2) is 12.4 Å². The maximum absolute atomic E-state index is 9.32. The molecule has 0 radical (unpaired) electrons. The standard InChI is InChI=1S/C35H70N2O/c1-3-5-7-9-11-13-14-15-16-17-18-19-21-23-25-27-30-36-32-33-37(31-28-34-38)35(36)29-26-24-22-20-12-10-8-6-4-2/h32-33,35,38H,3-31,34H2,1-2H3. The van der Waals surface area contributed by atoms with Crippen molar-refractivity contribution in [1.82, 2.24) is 9.80 Å². The van der Waals surface area contributed by atoms with Crippen LogP contribution in [-0.4, -0.2) is 40.8 Å². The maximum atomic E-state index is 9.32. The van der Waals surface area contributed by atoms with E-state index in [0.717, 1.165) is 13.0 Å². The van der Waals surface area contributed by atoms with Gasteiger partial charge in [-0.15, -0.1) is 0 Å². The summed E-state index contributed by atoms with van der Waals surface area (Å²) >= 11 is 0. The van der Waals surface area contributed by atoms with E-state index in [9.17, 15) is 5.11 Å². The number of nitrogens with zero attached hydrogens (tertiary/aromatic N) is 2. The second-order valence-corrected chi connectivity index (χ2v) is 12.3. The molecule has 1 atom stereocenters. The predicted octanol–water partition coefficient (Wildman–Crippen LogP) is 11.0. The third-order valence-electron chi connectivity index (χ3n) is 8.63. The largest absolute Gasteiger partial charge is 0.396 e. The van der Waals surface area contributed by atoms with E-state index in [1.807, 2.05) is 0 Å². The second kappa shape index (κ2) is 27.9. The Kier molecular flexibility index (Phi) is 25.9. The van der Waals surface area contributed by atoms with Crippen molar-refractivity contribution in [3.05, 3.63) is 12.4 Å². The van der Waals surface area contributed by atoms with Crippen molar-refractivity contribution in [3.63, 3.8) is 0 Å². The van der Waals surface area contributed by atoms with Gasteiger partial charge in [0.1, 0.15) is 6.17 Å².